The summed E-state index contributed by atoms with van der Waals surface area (Å²) < 4.78 is 38.6. The molecule has 0 radical (unpaired) electrons. The topological polar surface area (TPSA) is 89.0 Å². The van der Waals surface area contributed by atoms with Gasteiger partial charge in [-0.15, -0.1) is 11.3 Å². The van der Waals surface area contributed by atoms with Crippen molar-refractivity contribution in [3.8, 4) is 11.5 Å². The average Bonchev–Trinajstić information content (AvgIpc) is 3.32. The van der Waals surface area contributed by atoms with E-state index in [1.54, 1.807) is 16.3 Å². The van der Waals surface area contributed by atoms with E-state index in [0.29, 0.717) is 49.9 Å². The molecule has 0 saturated carbocycles. The predicted octanol–water partition coefficient (Wildman–Crippen LogP) is 2.65. The number of rotatable bonds is 5. The fraction of sp³-hybridized carbons (Fsp3) is 0.304. The van der Waals surface area contributed by atoms with Crippen molar-refractivity contribution >= 4 is 27.3 Å². The second kappa shape index (κ2) is 9.12. The number of hydrogen-bond donors (Lipinski definition) is 0. The Balaban J connectivity index is 1.22. The molecule has 5 rings (SSSR count). The molecule has 3 aromatic rings. The predicted molar refractivity (Wildman–Crippen MR) is 123 cm³/mol. The maximum atomic E-state index is 13.1. The third-order valence-corrected chi connectivity index (χ3v) is 8.39. The van der Waals surface area contributed by atoms with E-state index in [0.717, 1.165) is 10.6 Å². The van der Waals surface area contributed by atoms with Crippen LogP contribution in [0.2, 0.25) is 0 Å². The van der Waals surface area contributed by atoms with Crippen LogP contribution in [0.1, 0.15) is 21.1 Å². The lowest BCUT2D eigenvalue weighted by Gasteiger charge is -2.33. The SMILES string of the molecule is O=C(c1csc(Cc2ccccc2)n1)N1CCN(S(=O)(=O)c2ccc3c(c2)OCCO3)CC1. The van der Waals surface area contributed by atoms with Crippen LogP contribution in [-0.4, -0.2) is 67.9 Å². The van der Waals surface area contributed by atoms with Crippen molar-refractivity contribution in [3.63, 3.8) is 0 Å². The van der Waals surface area contributed by atoms with E-state index in [2.05, 4.69) is 4.98 Å². The second-order valence-corrected chi connectivity index (χ2v) is 10.7. The van der Waals surface area contributed by atoms with Gasteiger partial charge in [-0.1, -0.05) is 30.3 Å². The van der Waals surface area contributed by atoms with Crippen LogP contribution in [0.5, 0.6) is 11.5 Å². The summed E-state index contributed by atoms with van der Waals surface area (Å²) in [6, 6.07) is 14.6. The van der Waals surface area contributed by atoms with Crippen LogP contribution in [0, 0.1) is 0 Å². The average molecular weight is 486 g/mol. The molecule has 1 amide bonds. The lowest BCUT2D eigenvalue weighted by molar-refractivity contribution is 0.0692. The number of carbonyl (C=O) groups excluding carboxylic acids is 1. The van der Waals surface area contributed by atoms with Crippen LogP contribution in [0.3, 0.4) is 0 Å². The van der Waals surface area contributed by atoms with Crippen molar-refractivity contribution in [1.29, 1.82) is 0 Å². The number of benzene rings is 2. The molecule has 0 spiro atoms. The number of thiazole rings is 1. The fourth-order valence-electron chi connectivity index (χ4n) is 3.89. The zero-order chi connectivity index (χ0) is 22.8. The molecule has 0 atom stereocenters. The summed E-state index contributed by atoms with van der Waals surface area (Å²) in [5.74, 6) is 0.818. The summed E-state index contributed by atoms with van der Waals surface area (Å²) >= 11 is 1.46. The van der Waals surface area contributed by atoms with Gasteiger partial charge in [0.05, 0.1) is 9.90 Å². The number of sulfonamides is 1. The molecule has 3 heterocycles. The first-order chi connectivity index (χ1) is 16.0. The van der Waals surface area contributed by atoms with Crippen molar-refractivity contribution in [2.75, 3.05) is 39.4 Å². The van der Waals surface area contributed by atoms with Gasteiger partial charge >= 0.3 is 0 Å². The Labute approximate surface area is 196 Å². The molecule has 1 aromatic heterocycles. The Kier molecular flexibility index (Phi) is 6.05. The van der Waals surface area contributed by atoms with E-state index in [4.69, 9.17) is 9.47 Å². The first kappa shape index (κ1) is 21.9. The zero-order valence-corrected chi connectivity index (χ0v) is 19.5. The highest BCUT2D eigenvalue weighted by atomic mass is 32.2. The number of fused-ring (bicyclic) bond motifs is 1. The van der Waals surface area contributed by atoms with Crippen LogP contribution in [-0.2, 0) is 16.4 Å². The van der Waals surface area contributed by atoms with Crippen LogP contribution < -0.4 is 9.47 Å². The number of piperazine rings is 1. The third-order valence-electron chi connectivity index (χ3n) is 5.65. The third kappa shape index (κ3) is 4.59. The van der Waals surface area contributed by atoms with Crippen molar-refractivity contribution in [2.45, 2.75) is 11.3 Å². The molecule has 0 N–H and O–H groups in total. The Morgan fingerprint density at radius 3 is 2.45 bits per heavy atom. The number of aromatic nitrogens is 1. The number of ether oxygens (including phenoxy) is 2. The molecule has 2 aliphatic heterocycles. The van der Waals surface area contributed by atoms with Gasteiger partial charge in [0, 0.05) is 44.0 Å². The molecule has 2 aliphatic rings. The minimum Gasteiger partial charge on any atom is -0.486 e. The molecular formula is C23H23N3O5S2. The summed E-state index contributed by atoms with van der Waals surface area (Å²) in [6.07, 6.45) is 0.681. The summed E-state index contributed by atoms with van der Waals surface area (Å²) in [5, 5.41) is 2.66. The minimum atomic E-state index is -3.69. The quantitative estimate of drug-likeness (QED) is 0.552. The van der Waals surface area contributed by atoms with Crippen LogP contribution in [0.4, 0.5) is 0 Å². The Hall–Kier alpha value is -2.95. The van der Waals surface area contributed by atoms with Gasteiger partial charge in [-0.05, 0) is 17.7 Å². The summed E-state index contributed by atoms with van der Waals surface area (Å²) in [6.45, 7) is 1.91. The molecular weight excluding hydrogens is 462 g/mol. The zero-order valence-electron chi connectivity index (χ0n) is 17.8. The molecule has 10 heteroatoms. The van der Waals surface area contributed by atoms with Crippen LogP contribution >= 0.6 is 11.3 Å². The molecule has 0 aliphatic carbocycles. The van der Waals surface area contributed by atoms with Gasteiger partial charge in [0.25, 0.3) is 5.91 Å². The van der Waals surface area contributed by atoms with Gasteiger partial charge in [-0.3, -0.25) is 4.79 Å². The standard InChI is InChI=1S/C23H23N3O5S2/c27-23(19-16-32-22(24-19)14-17-4-2-1-3-5-17)25-8-10-26(11-9-25)33(28,29)18-6-7-20-21(15-18)31-13-12-30-20/h1-7,15-16H,8-14H2. The van der Waals surface area contributed by atoms with Crippen molar-refractivity contribution < 1.29 is 22.7 Å². The minimum absolute atomic E-state index is 0.164. The maximum Gasteiger partial charge on any atom is 0.273 e. The normalized spacial score (nSPS) is 16.5. The van der Waals surface area contributed by atoms with Crippen LogP contribution in [0.15, 0.2) is 58.8 Å². The monoisotopic (exact) mass is 485 g/mol. The Morgan fingerprint density at radius 1 is 0.970 bits per heavy atom. The molecule has 33 heavy (non-hydrogen) atoms. The molecule has 172 valence electrons. The van der Waals surface area contributed by atoms with Gasteiger partial charge in [0.15, 0.2) is 11.5 Å². The van der Waals surface area contributed by atoms with Crippen molar-refractivity contribution in [3.05, 3.63) is 70.2 Å². The fourth-order valence-corrected chi connectivity index (χ4v) is 6.13. The number of hydrogen-bond acceptors (Lipinski definition) is 7. The maximum absolute atomic E-state index is 13.1. The van der Waals surface area contributed by atoms with E-state index < -0.39 is 10.0 Å². The van der Waals surface area contributed by atoms with Gasteiger partial charge in [0.2, 0.25) is 10.0 Å². The van der Waals surface area contributed by atoms with Crippen molar-refractivity contribution in [1.82, 2.24) is 14.2 Å². The second-order valence-electron chi connectivity index (χ2n) is 7.79. The molecule has 2 aromatic carbocycles. The summed E-state index contributed by atoms with van der Waals surface area (Å²) in [4.78, 5) is 19.3. The molecule has 1 fully saturated rings. The van der Waals surface area contributed by atoms with Crippen LogP contribution in [0.25, 0.3) is 0 Å². The van der Waals surface area contributed by atoms with Gasteiger partial charge in [-0.25, -0.2) is 13.4 Å². The first-order valence-electron chi connectivity index (χ1n) is 10.7. The molecule has 8 nitrogen and oxygen atoms in total. The largest absolute Gasteiger partial charge is 0.486 e. The summed E-state index contributed by atoms with van der Waals surface area (Å²) in [7, 11) is -3.69. The van der Waals surface area contributed by atoms with Gasteiger partial charge in [-0.2, -0.15) is 4.31 Å². The highest BCUT2D eigenvalue weighted by molar-refractivity contribution is 7.89. The molecule has 0 bridgehead atoms. The van der Waals surface area contributed by atoms with E-state index in [1.165, 1.54) is 27.8 Å². The number of amides is 1. The lowest BCUT2D eigenvalue weighted by atomic mass is 10.2. The smallest absolute Gasteiger partial charge is 0.273 e. The van der Waals surface area contributed by atoms with E-state index >= 15 is 0 Å². The first-order valence-corrected chi connectivity index (χ1v) is 13.0. The molecule has 0 unspecified atom stereocenters. The number of carbonyl (C=O) groups is 1. The van der Waals surface area contributed by atoms with E-state index in [-0.39, 0.29) is 23.9 Å². The molecule has 1 saturated heterocycles. The van der Waals surface area contributed by atoms with Gasteiger partial charge < -0.3 is 14.4 Å². The van der Waals surface area contributed by atoms with E-state index in [1.807, 2.05) is 30.3 Å². The van der Waals surface area contributed by atoms with Gasteiger partial charge in [0.1, 0.15) is 18.9 Å². The number of nitrogens with zero attached hydrogens (tertiary/aromatic N) is 3. The highest BCUT2D eigenvalue weighted by Gasteiger charge is 2.32. The lowest BCUT2D eigenvalue weighted by Crippen LogP contribution is -2.50. The Morgan fingerprint density at radius 2 is 1.70 bits per heavy atom. The summed E-state index contributed by atoms with van der Waals surface area (Å²) in [5.41, 5.74) is 1.55. The van der Waals surface area contributed by atoms with E-state index in [9.17, 15) is 13.2 Å². The Bertz CT molecular complexity index is 1250. The highest BCUT2D eigenvalue weighted by Crippen LogP contribution is 2.33. The van der Waals surface area contributed by atoms with Crippen molar-refractivity contribution in [2.24, 2.45) is 0 Å².